The molecule has 0 radical (unpaired) electrons. The largest absolute Gasteiger partial charge is 0.411 e. The summed E-state index contributed by atoms with van der Waals surface area (Å²) in [6.45, 7) is 0. The molecule has 25 heavy (non-hydrogen) atoms. The van der Waals surface area contributed by atoms with Gasteiger partial charge in [-0.2, -0.15) is 0 Å². The number of hydrogen-bond donors (Lipinski definition) is 1. The lowest BCUT2D eigenvalue weighted by molar-refractivity contribution is 0.112. The zero-order chi connectivity index (χ0) is 17.5. The molecule has 0 aliphatic rings. The molecule has 4 rings (SSSR count). The summed E-state index contributed by atoms with van der Waals surface area (Å²) in [5.41, 5.74) is 3.33. The average molecular weight is 329 g/mol. The number of nitrogens with zero attached hydrogens (tertiary/aromatic N) is 3. The normalized spacial score (nSPS) is 10.6. The summed E-state index contributed by atoms with van der Waals surface area (Å²) >= 11 is 0. The molecule has 0 unspecified atom stereocenters. The molecule has 0 fully saturated rings. The molecule has 5 nitrogen and oxygen atoms in total. The van der Waals surface area contributed by atoms with Gasteiger partial charge in [0.05, 0.1) is 17.2 Å². The van der Waals surface area contributed by atoms with Crippen LogP contribution in [0.15, 0.2) is 78.2 Å². The molecule has 0 atom stereocenters. The standard InChI is InChI=1S/C10H8N2O.C10H7NO/c13-12-7-8-5-6-11-10-4-2-1-3-9(8)10;12-7-8-5-6-11-10-4-2-1-3-9(8)10/h1-7,13H;1-7H. The van der Waals surface area contributed by atoms with Crippen LogP contribution < -0.4 is 0 Å². The number of carbonyl (C=O) groups excluding carboxylic acids is 1. The Morgan fingerprint density at radius 3 is 1.84 bits per heavy atom. The highest BCUT2D eigenvalue weighted by atomic mass is 16.4. The third kappa shape index (κ3) is 3.67. The van der Waals surface area contributed by atoms with Gasteiger partial charge in [-0.05, 0) is 24.3 Å². The molecule has 2 aromatic heterocycles. The lowest BCUT2D eigenvalue weighted by Gasteiger charge is -1.98. The van der Waals surface area contributed by atoms with E-state index in [9.17, 15) is 4.79 Å². The van der Waals surface area contributed by atoms with Crippen LogP contribution in [0.1, 0.15) is 15.9 Å². The van der Waals surface area contributed by atoms with E-state index < -0.39 is 0 Å². The quantitative estimate of drug-likeness (QED) is 0.260. The smallest absolute Gasteiger partial charge is 0.150 e. The van der Waals surface area contributed by atoms with Crippen molar-refractivity contribution in [2.24, 2.45) is 5.16 Å². The van der Waals surface area contributed by atoms with Gasteiger partial charge in [0.15, 0.2) is 6.29 Å². The Morgan fingerprint density at radius 1 is 0.760 bits per heavy atom. The van der Waals surface area contributed by atoms with Gasteiger partial charge in [0.1, 0.15) is 0 Å². The molecule has 122 valence electrons. The predicted molar refractivity (Wildman–Crippen MR) is 98.3 cm³/mol. The van der Waals surface area contributed by atoms with Crippen molar-refractivity contribution in [3.05, 3.63) is 84.2 Å². The second-order valence-electron chi connectivity index (χ2n) is 5.20. The van der Waals surface area contributed by atoms with Gasteiger partial charge in [-0.15, -0.1) is 0 Å². The summed E-state index contributed by atoms with van der Waals surface area (Å²) in [5, 5.41) is 13.3. The van der Waals surface area contributed by atoms with E-state index in [1.165, 1.54) is 6.21 Å². The Balaban J connectivity index is 0.000000146. The number of oxime groups is 1. The minimum absolute atomic E-state index is 0.695. The van der Waals surface area contributed by atoms with Crippen molar-refractivity contribution < 1.29 is 10.0 Å². The fourth-order valence-corrected chi connectivity index (χ4v) is 2.51. The maximum Gasteiger partial charge on any atom is 0.150 e. The minimum atomic E-state index is 0.695. The van der Waals surface area contributed by atoms with Crippen LogP contribution in [0.4, 0.5) is 0 Å². The van der Waals surface area contributed by atoms with Gasteiger partial charge in [0, 0.05) is 34.3 Å². The van der Waals surface area contributed by atoms with Crippen LogP contribution in [-0.2, 0) is 0 Å². The molecule has 4 aromatic rings. The van der Waals surface area contributed by atoms with E-state index in [-0.39, 0.29) is 0 Å². The average Bonchev–Trinajstić information content (AvgIpc) is 2.68. The van der Waals surface area contributed by atoms with Crippen molar-refractivity contribution in [2.45, 2.75) is 0 Å². The molecule has 0 aliphatic carbocycles. The van der Waals surface area contributed by atoms with E-state index in [1.54, 1.807) is 18.5 Å². The van der Waals surface area contributed by atoms with Crippen LogP contribution in [-0.4, -0.2) is 27.7 Å². The van der Waals surface area contributed by atoms with Crippen molar-refractivity contribution in [3.63, 3.8) is 0 Å². The monoisotopic (exact) mass is 329 g/mol. The SMILES string of the molecule is O=Cc1ccnc2ccccc12.ON=Cc1ccnc2ccccc12. The maximum absolute atomic E-state index is 10.6. The molecule has 0 bridgehead atoms. The summed E-state index contributed by atoms with van der Waals surface area (Å²) in [7, 11) is 0. The lowest BCUT2D eigenvalue weighted by atomic mass is 10.1. The van der Waals surface area contributed by atoms with Gasteiger partial charge >= 0.3 is 0 Å². The number of para-hydroxylation sites is 2. The van der Waals surface area contributed by atoms with Gasteiger partial charge in [0.25, 0.3) is 0 Å². The predicted octanol–water partition coefficient (Wildman–Crippen LogP) is 4.09. The third-order valence-electron chi connectivity index (χ3n) is 3.69. The van der Waals surface area contributed by atoms with E-state index in [0.717, 1.165) is 33.7 Å². The van der Waals surface area contributed by atoms with E-state index in [1.807, 2.05) is 54.6 Å². The van der Waals surface area contributed by atoms with Crippen molar-refractivity contribution in [1.82, 2.24) is 9.97 Å². The van der Waals surface area contributed by atoms with Gasteiger partial charge < -0.3 is 5.21 Å². The molecule has 0 spiro atoms. The zero-order valence-electron chi connectivity index (χ0n) is 13.3. The van der Waals surface area contributed by atoms with Crippen LogP contribution in [0.3, 0.4) is 0 Å². The number of hydrogen-bond acceptors (Lipinski definition) is 5. The highest BCUT2D eigenvalue weighted by Crippen LogP contribution is 2.14. The Hall–Kier alpha value is -3.60. The lowest BCUT2D eigenvalue weighted by Crippen LogP contribution is -1.86. The summed E-state index contributed by atoms with van der Waals surface area (Å²) in [6.07, 6.45) is 5.60. The Morgan fingerprint density at radius 2 is 1.28 bits per heavy atom. The fraction of sp³-hybridized carbons (Fsp3) is 0. The Bertz CT molecular complexity index is 1030. The summed E-state index contributed by atoms with van der Waals surface area (Å²) in [5.74, 6) is 0. The van der Waals surface area contributed by atoms with Crippen LogP contribution in [0.25, 0.3) is 21.8 Å². The molecule has 0 aliphatic heterocycles. The first-order valence-corrected chi connectivity index (χ1v) is 7.63. The number of pyridine rings is 2. The van der Waals surface area contributed by atoms with Gasteiger partial charge in [-0.1, -0.05) is 41.6 Å². The topological polar surface area (TPSA) is 75.4 Å². The van der Waals surface area contributed by atoms with Crippen LogP contribution >= 0.6 is 0 Å². The molecule has 5 heteroatoms. The molecular formula is C20H15N3O2. The van der Waals surface area contributed by atoms with Crippen LogP contribution in [0.2, 0.25) is 0 Å². The number of rotatable bonds is 2. The van der Waals surface area contributed by atoms with Gasteiger partial charge in [0.2, 0.25) is 0 Å². The molecular weight excluding hydrogens is 314 g/mol. The van der Waals surface area contributed by atoms with Crippen LogP contribution in [0.5, 0.6) is 0 Å². The first-order valence-electron chi connectivity index (χ1n) is 7.63. The summed E-state index contributed by atoms with van der Waals surface area (Å²) < 4.78 is 0. The number of aromatic nitrogens is 2. The number of aldehydes is 1. The van der Waals surface area contributed by atoms with Crippen molar-refractivity contribution >= 4 is 34.3 Å². The van der Waals surface area contributed by atoms with Gasteiger partial charge in [-0.25, -0.2) is 0 Å². The first-order chi connectivity index (χ1) is 12.3. The van der Waals surface area contributed by atoms with Gasteiger partial charge in [-0.3, -0.25) is 14.8 Å². The number of fused-ring (bicyclic) bond motifs is 2. The zero-order valence-corrected chi connectivity index (χ0v) is 13.3. The second kappa shape index (κ2) is 7.79. The van der Waals surface area contributed by atoms with Crippen molar-refractivity contribution in [1.29, 1.82) is 0 Å². The van der Waals surface area contributed by atoms with Crippen molar-refractivity contribution in [2.75, 3.05) is 0 Å². The molecule has 2 aromatic carbocycles. The highest BCUT2D eigenvalue weighted by Gasteiger charge is 1.98. The van der Waals surface area contributed by atoms with E-state index in [2.05, 4.69) is 15.1 Å². The Kier molecular flexibility index (Phi) is 5.07. The van der Waals surface area contributed by atoms with E-state index >= 15 is 0 Å². The van der Waals surface area contributed by atoms with E-state index in [4.69, 9.17) is 5.21 Å². The van der Waals surface area contributed by atoms with Crippen LogP contribution in [0, 0.1) is 0 Å². The fourth-order valence-electron chi connectivity index (χ4n) is 2.51. The highest BCUT2D eigenvalue weighted by molar-refractivity contribution is 5.97. The second-order valence-corrected chi connectivity index (χ2v) is 5.20. The molecule has 1 N–H and O–H groups in total. The Labute approximate surface area is 144 Å². The summed E-state index contributed by atoms with van der Waals surface area (Å²) in [6, 6.07) is 18.8. The number of benzene rings is 2. The molecule has 0 saturated heterocycles. The van der Waals surface area contributed by atoms with E-state index in [0.29, 0.717) is 5.56 Å². The summed E-state index contributed by atoms with van der Waals surface area (Å²) in [4.78, 5) is 18.9. The molecule has 0 amide bonds. The molecule has 0 saturated carbocycles. The molecule has 2 heterocycles. The number of carbonyl (C=O) groups is 1. The third-order valence-corrected chi connectivity index (χ3v) is 3.69. The maximum atomic E-state index is 10.6. The van der Waals surface area contributed by atoms with Crippen molar-refractivity contribution in [3.8, 4) is 0 Å². The first kappa shape index (κ1) is 16.3. The minimum Gasteiger partial charge on any atom is -0.411 e.